The molecule has 0 saturated carbocycles. The number of rotatable bonds is 2. The number of hydrogen-bond acceptors (Lipinski definition) is 3. The third kappa shape index (κ3) is 3.71. The number of aromatic nitrogens is 1. The molecule has 1 heterocycles. The third-order valence-electron chi connectivity index (χ3n) is 1.94. The molecule has 0 saturated heterocycles. The summed E-state index contributed by atoms with van der Waals surface area (Å²) in [5, 5.41) is 0.513. The van der Waals surface area contributed by atoms with E-state index in [4.69, 9.17) is 0 Å². The maximum absolute atomic E-state index is 12.6. The summed E-state index contributed by atoms with van der Waals surface area (Å²) < 4.78 is 16.8. The Morgan fingerprint density at radius 3 is 2.71 bits per heavy atom. The quantitative estimate of drug-likeness (QED) is 0.640. The molecule has 90 valence electrons. The number of H-pyrrole nitrogens is 1. The molecular weight excluding hydrogens is 225 g/mol. The third-order valence-corrected chi connectivity index (χ3v) is 1.94. The number of nitrogens with one attached hydrogen (secondary N) is 1. The Hall–Kier alpha value is -2.17. The van der Waals surface area contributed by atoms with Crippen molar-refractivity contribution in [3.05, 3.63) is 46.5 Å². The van der Waals surface area contributed by atoms with Crippen molar-refractivity contribution < 1.29 is 13.9 Å². The largest absolute Gasteiger partial charge is 0.468 e. The second kappa shape index (κ2) is 6.42. The number of hydrogen-bond donors (Lipinski definition) is 1. The van der Waals surface area contributed by atoms with E-state index in [0.29, 0.717) is 24.0 Å². The molecule has 0 atom stereocenters. The number of fused-ring (bicyclic) bond motifs is 1. The van der Waals surface area contributed by atoms with Gasteiger partial charge in [-0.3, -0.25) is 9.59 Å². The highest BCUT2D eigenvalue weighted by Crippen LogP contribution is 2.05. The Morgan fingerprint density at radius 2 is 2.12 bits per heavy atom. The molecule has 4 nitrogen and oxygen atoms in total. The summed E-state index contributed by atoms with van der Waals surface area (Å²) >= 11 is 0. The average molecular weight is 237 g/mol. The minimum Gasteiger partial charge on any atom is -0.468 e. The van der Waals surface area contributed by atoms with Gasteiger partial charge in [-0.2, -0.15) is 4.39 Å². The van der Waals surface area contributed by atoms with E-state index in [2.05, 4.69) is 9.72 Å². The molecule has 0 radical (unpaired) electrons. The number of aromatic amines is 1. The van der Waals surface area contributed by atoms with Gasteiger partial charge in [0.15, 0.2) is 11.4 Å². The molecule has 0 amide bonds. The fourth-order valence-corrected chi connectivity index (χ4v) is 1.23. The van der Waals surface area contributed by atoms with Gasteiger partial charge in [-0.05, 0) is 19.1 Å². The van der Waals surface area contributed by atoms with Crippen LogP contribution in [0.15, 0.2) is 35.1 Å². The van der Waals surface area contributed by atoms with Crippen molar-refractivity contribution in [2.24, 2.45) is 0 Å². The number of carbonyl (C=O) groups is 1. The van der Waals surface area contributed by atoms with Gasteiger partial charge in [0.1, 0.15) is 0 Å². The standard InChI is InChI=1S/C9H6FNO.C3H6O2/c10-9-5-8(12)6-3-1-2-4-7(6)11-9;1-2-5-3-4/h1-5H,(H,11,12);3H,2H2,1H3. The molecule has 0 bridgehead atoms. The fraction of sp³-hybridized carbons (Fsp3) is 0.167. The van der Waals surface area contributed by atoms with Gasteiger partial charge in [-0.15, -0.1) is 0 Å². The number of pyridine rings is 1. The first-order chi connectivity index (χ1) is 8.19. The Kier molecular flexibility index (Phi) is 4.87. The van der Waals surface area contributed by atoms with Gasteiger partial charge in [0.2, 0.25) is 0 Å². The lowest BCUT2D eigenvalue weighted by atomic mass is 10.2. The Morgan fingerprint density at radius 1 is 1.41 bits per heavy atom. The zero-order valence-electron chi connectivity index (χ0n) is 9.27. The molecule has 1 N–H and O–H groups in total. The molecule has 1 aromatic heterocycles. The van der Waals surface area contributed by atoms with Crippen molar-refractivity contribution in [2.45, 2.75) is 6.92 Å². The minimum atomic E-state index is -0.598. The Labute approximate surface area is 97.0 Å². The molecule has 5 heteroatoms. The van der Waals surface area contributed by atoms with Crippen molar-refractivity contribution in [2.75, 3.05) is 6.61 Å². The van der Waals surface area contributed by atoms with Crippen LogP contribution in [0.5, 0.6) is 0 Å². The van der Waals surface area contributed by atoms with Crippen molar-refractivity contribution >= 4 is 17.4 Å². The molecule has 0 aliphatic carbocycles. The van der Waals surface area contributed by atoms with Crippen LogP contribution in [0.4, 0.5) is 4.39 Å². The maximum Gasteiger partial charge on any atom is 0.293 e. The van der Waals surface area contributed by atoms with Crippen LogP contribution in [0.1, 0.15) is 6.92 Å². The second-order valence-corrected chi connectivity index (χ2v) is 3.08. The van der Waals surface area contributed by atoms with Crippen molar-refractivity contribution in [3.8, 4) is 0 Å². The average Bonchev–Trinajstić information content (AvgIpc) is 2.30. The lowest BCUT2D eigenvalue weighted by Crippen LogP contribution is -2.02. The van der Waals surface area contributed by atoms with Gasteiger partial charge in [-0.25, -0.2) is 0 Å². The molecule has 0 fully saturated rings. The van der Waals surface area contributed by atoms with Gasteiger partial charge >= 0.3 is 0 Å². The summed E-state index contributed by atoms with van der Waals surface area (Å²) in [5.41, 5.74) is 0.240. The summed E-state index contributed by atoms with van der Waals surface area (Å²) in [5.74, 6) is -0.598. The molecule has 2 rings (SSSR count). The first-order valence-corrected chi connectivity index (χ1v) is 5.01. The molecular formula is C12H12FNO3. The van der Waals surface area contributed by atoms with Crippen molar-refractivity contribution in [3.63, 3.8) is 0 Å². The molecule has 0 aliphatic heterocycles. The summed E-state index contributed by atoms with van der Waals surface area (Å²) in [6.07, 6.45) is 0. The fourth-order valence-electron chi connectivity index (χ4n) is 1.23. The number of carbonyl (C=O) groups excluding carboxylic acids is 1. The molecule has 0 aliphatic rings. The minimum absolute atomic E-state index is 0.290. The molecule has 1 aromatic carbocycles. The highest BCUT2D eigenvalue weighted by atomic mass is 19.1. The van der Waals surface area contributed by atoms with Gasteiger partial charge in [0, 0.05) is 11.5 Å². The summed E-state index contributed by atoms with van der Waals surface area (Å²) in [4.78, 5) is 22.8. The van der Waals surface area contributed by atoms with E-state index in [9.17, 15) is 14.0 Å². The Balaban J connectivity index is 0.000000249. The van der Waals surface area contributed by atoms with E-state index >= 15 is 0 Å². The number of para-hydroxylation sites is 1. The first kappa shape index (κ1) is 12.9. The first-order valence-electron chi connectivity index (χ1n) is 5.01. The van der Waals surface area contributed by atoms with Crippen LogP contribution in [0.3, 0.4) is 0 Å². The normalized spacial score (nSPS) is 9.29. The van der Waals surface area contributed by atoms with E-state index in [1.165, 1.54) is 0 Å². The summed E-state index contributed by atoms with van der Waals surface area (Å²) in [7, 11) is 0. The van der Waals surface area contributed by atoms with Gasteiger partial charge < -0.3 is 9.72 Å². The lowest BCUT2D eigenvalue weighted by molar-refractivity contribution is -0.128. The zero-order valence-corrected chi connectivity index (χ0v) is 9.27. The Bertz CT molecular complexity index is 551. The van der Waals surface area contributed by atoms with E-state index in [1.807, 2.05) is 0 Å². The van der Waals surface area contributed by atoms with Crippen molar-refractivity contribution in [1.29, 1.82) is 0 Å². The van der Waals surface area contributed by atoms with Gasteiger partial charge in [0.25, 0.3) is 6.47 Å². The monoisotopic (exact) mass is 237 g/mol. The van der Waals surface area contributed by atoms with Crippen LogP contribution >= 0.6 is 0 Å². The van der Waals surface area contributed by atoms with Crippen molar-refractivity contribution in [1.82, 2.24) is 4.98 Å². The van der Waals surface area contributed by atoms with Crippen LogP contribution in [0, 0.1) is 5.95 Å². The molecule has 0 unspecified atom stereocenters. The van der Waals surface area contributed by atoms with Gasteiger partial charge in [0.05, 0.1) is 12.1 Å². The topological polar surface area (TPSA) is 59.2 Å². The van der Waals surface area contributed by atoms with E-state index in [1.54, 1.807) is 31.2 Å². The lowest BCUT2D eigenvalue weighted by Gasteiger charge is -1.95. The molecule has 2 aromatic rings. The van der Waals surface area contributed by atoms with Crippen LogP contribution in [0.25, 0.3) is 10.9 Å². The number of ether oxygens (including phenoxy) is 1. The molecule has 17 heavy (non-hydrogen) atoms. The SMILES string of the molecule is CCOC=O.O=c1cc(F)[nH]c2ccccc12. The van der Waals surface area contributed by atoms with E-state index in [-0.39, 0.29) is 5.43 Å². The molecule has 0 spiro atoms. The predicted octanol–water partition coefficient (Wildman–Crippen LogP) is 1.85. The highest BCUT2D eigenvalue weighted by molar-refractivity contribution is 5.77. The van der Waals surface area contributed by atoms with Crippen LogP contribution in [-0.2, 0) is 9.53 Å². The predicted molar refractivity (Wildman–Crippen MR) is 62.2 cm³/mol. The number of halogens is 1. The highest BCUT2D eigenvalue weighted by Gasteiger charge is 1.98. The second-order valence-electron chi connectivity index (χ2n) is 3.08. The van der Waals surface area contributed by atoms with Crippen LogP contribution < -0.4 is 5.43 Å². The smallest absolute Gasteiger partial charge is 0.293 e. The summed E-state index contributed by atoms with van der Waals surface area (Å²) in [6, 6.07) is 7.77. The zero-order chi connectivity index (χ0) is 12.7. The van der Waals surface area contributed by atoms with Crippen LogP contribution in [0.2, 0.25) is 0 Å². The van der Waals surface area contributed by atoms with E-state index in [0.717, 1.165) is 6.07 Å². The summed E-state index contributed by atoms with van der Waals surface area (Å²) in [6.45, 7) is 2.66. The van der Waals surface area contributed by atoms with Gasteiger partial charge in [-0.1, -0.05) is 12.1 Å². The maximum atomic E-state index is 12.6. The van der Waals surface area contributed by atoms with Crippen LogP contribution in [-0.4, -0.2) is 18.1 Å². The number of benzene rings is 1. The van der Waals surface area contributed by atoms with E-state index < -0.39 is 5.95 Å².